The quantitative estimate of drug-likeness (QED) is 0.736. The Labute approximate surface area is 143 Å². The highest BCUT2D eigenvalue weighted by atomic mass is 16.5. The van der Waals surface area contributed by atoms with Crippen molar-refractivity contribution in [2.45, 2.75) is 26.3 Å². The Bertz CT molecular complexity index is 522. The SMILES string of the molecule is CCN(CC)C1CCN(C(=O)Nc2ccnc(OCCOC)c2)C1. The van der Waals surface area contributed by atoms with Crippen LogP contribution in [-0.2, 0) is 4.74 Å². The lowest BCUT2D eigenvalue weighted by Gasteiger charge is -2.26. The van der Waals surface area contributed by atoms with Gasteiger partial charge in [-0.25, -0.2) is 9.78 Å². The zero-order valence-electron chi connectivity index (χ0n) is 14.8. The maximum Gasteiger partial charge on any atom is 0.321 e. The largest absolute Gasteiger partial charge is 0.475 e. The molecule has 0 aliphatic carbocycles. The lowest BCUT2D eigenvalue weighted by atomic mass is 10.2. The van der Waals surface area contributed by atoms with Gasteiger partial charge in [-0.2, -0.15) is 0 Å². The van der Waals surface area contributed by atoms with Crippen molar-refractivity contribution in [3.63, 3.8) is 0 Å². The molecule has 0 saturated carbocycles. The number of ether oxygens (including phenoxy) is 2. The Morgan fingerprint density at radius 1 is 1.42 bits per heavy atom. The Kier molecular flexibility index (Phi) is 7.27. The van der Waals surface area contributed by atoms with Gasteiger partial charge in [-0.3, -0.25) is 4.90 Å². The Hall–Kier alpha value is -1.86. The molecule has 1 aromatic heterocycles. The lowest BCUT2D eigenvalue weighted by Crippen LogP contribution is -2.39. The summed E-state index contributed by atoms with van der Waals surface area (Å²) in [7, 11) is 1.62. The molecular formula is C17H28N4O3. The molecule has 7 heteroatoms. The molecule has 2 amide bonds. The van der Waals surface area contributed by atoms with E-state index in [0.717, 1.165) is 32.6 Å². The van der Waals surface area contributed by atoms with Crippen LogP contribution in [0.3, 0.4) is 0 Å². The van der Waals surface area contributed by atoms with Crippen LogP contribution in [0.1, 0.15) is 20.3 Å². The van der Waals surface area contributed by atoms with E-state index < -0.39 is 0 Å². The summed E-state index contributed by atoms with van der Waals surface area (Å²) in [4.78, 5) is 20.8. The minimum atomic E-state index is -0.0707. The molecule has 24 heavy (non-hydrogen) atoms. The Morgan fingerprint density at radius 2 is 2.21 bits per heavy atom. The second kappa shape index (κ2) is 9.44. The summed E-state index contributed by atoms with van der Waals surface area (Å²) in [5.41, 5.74) is 0.689. The standard InChI is InChI=1S/C17H28N4O3/c1-4-20(5-2)15-7-9-21(13-15)17(22)19-14-6-8-18-16(12-14)24-11-10-23-3/h6,8,12,15H,4-5,7,9-11,13H2,1-3H3,(H,18,19,22). The van der Waals surface area contributed by atoms with E-state index in [9.17, 15) is 4.79 Å². The van der Waals surface area contributed by atoms with Crippen LogP contribution in [0.15, 0.2) is 18.3 Å². The van der Waals surface area contributed by atoms with E-state index in [1.165, 1.54) is 0 Å². The van der Waals surface area contributed by atoms with Gasteiger partial charge < -0.3 is 19.7 Å². The normalized spacial score (nSPS) is 17.3. The first kappa shape index (κ1) is 18.5. The van der Waals surface area contributed by atoms with Gasteiger partial charge in [-0.15, -0.1) is 0 Å². The zero-order chi connectivity index (χ0) is 17.4. The van der Waals surface area contributed by atoms with Gasteiger partial charge in [0.15, 0.2) is 0 Å². The van der Waals surface area contributed by atoms with Crippen molar-refractivity contribution in [3.05, 3.63) is 18.3 Å². The number of methoxy groups -OCH3 is 1. The fourth-order valence-electron chi connectivity index (χ4n) is 2.96. The van der Waals surface area contributed by atoms with Crippen molar-refractivity contribution in [2.24, 2.45) is 0 Å². The van der Waals surface area contributed by atoms with E-state index in [4.69, 9.17) is 9.47 Å². The van der Waals surface area contributed by atoms with E-state index in [1.54, 1.807) is 25.4 Å². The molecule has 134 valence electrons. The van der Waals surface area contributed by atoms with E-state index in [-0.39, 0.29) is 6.03 Å². The third-order valence-electron chi connectivity index (χ3n) is 4.30. The molecule has 1 saturated heterocycles. The van der Waals surface area contributed by atoms with Crippen molar-refractivity contribution in [2.75, 3.05) is 51.8 Å². The number of hydrogen-bond donors (Lipinski definition) is 1. The third-order valence-corrected chi connectivity index (χ3v) is 4.30. The minimum Gasteiger partial charge on any atom is -0.475 e. The minimum absolute atomic E-state index is 0.0707. The Balaban J connectivity index is 1.87. The van der Waals surface area contributed by atoms with E-state index in [0.29, 0.717) is 30.8 Å². The second-order valence-electron chi connectivity index (χ2n) is 5.76. The topological polar surface area (TPSA) is 66.9 Å². The van der Waals surface area contributed by atoms with Crippen molar-refractivity contribution in [1.29, 1.82) is 0 Å². The number of urea groups is 1. The fourth-order valence-corrected chi connectivity index (χ4v) is 2.96. The zero-order valence-corrected chi connectivity index (χ0v) is 14.8. The molecule has 2 heterocycles. The van der Waals surface area contributed by atoms with Gasteiger partial charge in [-0.1, -0.05) is 13.8 Å². The van der Waals surface area contributed by atoms with Gasteiger partial charge in [0.1, 0.15) is 6.61 Å². The van der Waals surface area contributed by atoms with Crippen molar-refractivity contribution in [3.8, 4) is 5.88 Å². The highest BCUT2D eigenvalue weighted by Crippen LogP contribution is 2.18. The summed E-state index contributed by atoms with van der Waals surface area (Å²) in [5.74, 6) is 0.479. The molecule has 1 N–H and O–H groups in total. The second-order valence-corrected chi connectivity index (χ2v) is 5.76. The summed E-state index contributed by atoms with van der Waals surface area (Å²) < 4.78 is 10.4. The molecule has 1 aromatic rings. The maximum atomic E-state index is 12.4. The van der Waals surface area contributed by atoms with E-state index in [1.807, 2.05) is 4.90 Å². The first-order valence-corrected chi connectivity index (χ1v) is 8.55. The van der Waals surface area contributed by atoms with Crippen LogP contribution in [0.25, 0.3) is 0 Å². The highest BCUT2D eigenvalue weighted by Gasteiger charge is 2.29. The summed E-state index contributed by atoms with van der Waals surface area (Å²) in [6.45, 7) is 8.84. The van der Waals surface area contributed by atoms with Gasteiger partial charge in [-0.05, 0) is 25.6 Å². The van der Waals surface area contributed by atoms with Crippen LogP contribution < -0.4 is 10.1 Å². The number of rotatable bonds is 8. The van der Waals surface area contributed by atoms with Gasteiger partial charge in [0.05, 0.1) is 6.61 Å². The van der Waals surface area contributed by atoms with Crippen molar-refractivity contribution >= 4 is 11.7 Å². The summed E-state index contributed by atoms with van der Waals surface area (Å²) in [6.07, 6.45) is 2.65. The van der Waals surface area contributed by atoms with Crippen LogP contribution >= 0.6 is 0 Å². The highest BCUT2D eigenvalue weighted by molar-refractivity contribution is 5.89. The predicted molar refractivity (Wildman–Crippen MR) is 93.5 cm³/mol. The maximum absolute atomic E-state index is 12.4. The molecule has 0 spiro atoms. The number of anilines is 1. The van der Waals surface area contributed by atoms with Gasteiger partial charge in [0.25, 0.3) is 0 Å². The number of carbonyl (C=O) groups is 1. The first-order chi connectivity index (χ1) is 11.7. The summed E-state index contributed by atoms with van der Waals surface area (Å²) in [6, 6.07) is 3.87. The lowest BCUT2D eigenvalue weighted by molar-refractivity contribution is 0.144. The van der Waals surface area contributed by atoms with Crippen molar-refractivity contribution < 1.29 is 14.3 Å². The number of aromatic nitrogens is 1. The summed E-state index contributed by atoms with van der Waals surface area (Å²) >= 11 is 0. The van der Waals surface area contributed by atoms with Crippen LogP contribution in [0.2, 0.25) is 0 Å². The number of likely N-dealkylation sites (tertiary alicyclic amines) is 1. The molecule has 1 atom stereocenters. The predicted octanol–water partition coefficient (Wildman–Crippen LogP) is 2.05. The van der Waals surface area contributed by atoms with Crippen LogP contribution in [0.4, 0.5) is 10.5 Å². The molecule has 1 aliphatic heterocycles. The van der Waals surface area contributed by atoms with Gasteiger partial charge in [0.2, 0.25) is 5.88 Å². The molecule has 0 aromatic carbocycles. The van der Waals surface area contributed by atoms with Crippen LogP contribution in [0, 0.1) is 0 Å². The third kappa shape index (κ3) is 5.07. The van der Waals surface area contributed by atoms with Crippen LogP contribution in [0.5, 0.6) is 5.88 Å². The summed E-state index contributed by atoms with van der Waals surface area (Å²) in [5, 5.41) is 2.93. The molecule has 1 fully saturated rings. The average molecular weight is 336 g/mol. The number of likely N-dealkylation sites (N-methyl/N-ethyl adjacent to an activating group) is 1. The number of amides is 2. The van der Waals surface area contributed by atoms with Crippen LogP contribution in [-0.4, -0.2) is 73.4 Å². The van der Waals surface area contributed by atoms with E-state index >= 15 is 0 Å². The molecule has 1 aliphatic rings. The average Bonchev–Trinajstić information content (AvgIpc) is 3.07. The molecule has 0 bridgehead atoms. The van der Waals surface area contributed by atoms with E-state index in [2.05, 4.69) is 29.0 Å². The molecule has 1 unspecified atom stereocenters. The number of carbonyl (C=O) groups excluding carboxylic acids is 1. The fraction of sp³-hybridized carbons (Fsp3) is 0.647. The molecule has 0 radical (unpaired) electrons. The van der Waals surface area contributed by atoms with Gasteiger partial charge >= 0.3 is 6.03 Å². The molecule has 2 rings (SSSR count). The number of pyridine rings is 1. The first-order valence-electron chi connectivity index (χ1n) is 8.55. The van der Waals surface area contributed by atoms with Gasteiger partial charge in [0, 0.05) is 44.2 Å². The Morgan fingerprint density at radius 3 is 2.92 bits per heavy atom. The number of hydrogen-bond acceptors (Lipinski definition) is 5. The molecular weight excluding hydrogens is 308 g/mol. The number of nitrogens with zero attached hydrogens (tertiary/aromatic N) is 3. The smallest absolute Gasteiger partial charge is 0.321 e. The monoisotopic (exact) mass is 336 g/mol. The van der Waals surface area contributed by atoms with Crippen molar-refractivity contribution in [1.82, 2.24) is 14.8 Å². The number of nitrogens with one attached hydrogen (secondary N) is 1. The molecule has 7 nitrogen and oxygen atoms in total.